The van der Waals surface area contributed by atoms with E-state index in [4.69, 9.17) is 0 Å². The minimum absolute atomic E-state index is 0. The lowest BCUT2D eigenvalue weighted by molar-refractivity contribution is 0.0953. The number of halogens is 1. The normalized spacial score (nSPS) is 10.2. The first-order chi connectivity index (χ1) is 10.6. The van der Waals surface area contributed by atoms with E-state index < -0.39 is 0 Å². The van der Waals surface area contributed by atoms with Crippen LogP contribution >= 0.6 is 12.4 Å². The molecular weight excluding hydrogens is 312 g/mol. The summed E-state index contributed by atoms with van der Waals surface area (Å²) in [5, 5.41) is 10.4. The van der Waals surface area contributed by atoms with Gasteiger partial charge in [-0.15, -0.1) is 12.4 Å². The van der Waals surface area contributed by atoms with Crippen molar-refractivity contribution in [2.24, 2.45) is 0 Å². The van der Waals surface area contributed by atoms with Gasteiger partial charge in [-0.1, -0.05) is 12.1 Å². The number of nitrogens with one attached hydrogen (secondary N) is 2. The first kappa shape index (κ1) is 19.2. The fourth-order valence-corrected chi connectivity index (χ4v) is 2.34. The van der Waals surface area contributed by atoms with E-state index in [1.165, 1.54) is 0 Å². The third-order valence-corrected chi connectivity index (χ3v) is 3.54. The summed E-state index contributed by atoms with van der Waals surface area (Å²) < 4.78 is 1.97. The highest BCUT2D eigenvalue weighted by Gasteiger charge is 2.06. The zero-order valence-corrected chi connectivity index (χ0v) is 14.7. The molecule has 1 aromatic carbocycles. The van der Waals surface area contributed by atoms with Crippen molar-refractivity contribution in [2.75, 3.05) is 20.1 Å². The molecule has 0 fully saturated rings. The molecule has 0 spiro atoms. The Bertz CT molecular complexity index is 622. The third kappa shape index (κ3) is 5.69. The van der Waals surface area contributed by atoms with Gasteiger partial charge in [-0.3, -0.25) is 9.48 Å². The minimum atomic E-state index is -0.0197. The van der Waals surface area contributed by atoms with Crippen LogP contribution in [0.25, 0.3) is 0 Å². The molecule has 2 aromatic rings. The molecule has 1 aromatic heterocycles. The number of nitrogens with zero attached hydrogens (tertiary/aromatic N) is 2. The maximum atomic E-state index is 12.0. The Morgan fingerprint density at radius 1 is 1.17 bits per heavy atom. The van der Waals surface area contributed by atoms with Crippen molar-refractivity contribution in [1.29, 1.82) is 0 Å². The molecule has 2 N–H and O–H groups in total. The second-order valence-electron chi connectivity index (χ2n) is 5.49. The molecule has 0 aliphatic heterocycles. The summed E-state index contributed by atoms with van der Waals surface area (Å²) in [5.74, 6) is -0.0197. The number of amides is 1. The Kier molecular flexibility index (Phi) is 7.78. The van der Waals surface area contributed by atoms with Gasteiger partial charge >= 0.3 is 0 Å². The van der Waals surface area contributed by atoms with Gasteiger partial charge in [-0.25, -0.2) is 0 Å². The van der Waals surface area contributed by atoms with E-state index in [0.29, 0.717) is 12.1 Å². The van der Waals surface area contributed by atoms with E-state index in [1.54, 1.807) is 0 Å². The quantitative estimate of drug-likeness (QED) is 0.763. The van der Waals surface area contributed by atoms with Gasteiger partial charge in [0.25, 0.3) is 5.91 Å². The van der Waals surface area contributed by atoms with Gasteiger partial charge in [0.1, 0.15) is 0 Å². The molecule has 0 saturated carbocycles. The Morgan fingerprint density at radius 3 is 2.43 bits per heavy atom. The van der Waals surface area contributed by atoms with Gasteiger partial charge in [0, 0.05) is 17.8 Å². The van der Waals surface area contributed by atoms with Crippen LogP contribution in [-0.2, 0) is 6.54 Å². The number of hydrogen-bond donors (Lipinski definition) is 2. The molecule has 5 nitrogen and oxygen atoms in total. The summed E-state index contributed by atoms with van der Waals surface area (Å²) in [6.45, 7) is 6.36. The first-order valence-corrected chi connectivity index (χ1v) is 7.63. The number of rotatable bonds is 7. The van der Waals surface area contributed by atoms with Crippen LogP contribution in [0, 0.1) is 13.8 Å². The summed E-state index contributed by atoms with van der Waals surface area (Å²) in [7, 11) is 1.91. The van der Waals surface area contributed by atoms with Crippen molar-refractivity contribution < 1.29 is 4.79 Å². The van der Waals surface area contributed by atoms with E-state index >= 15 is 0 Å². The summed E-state index contributed by atoms with van der Waals surface area (Å²) in [6.07, 6.45) is 0.929. The molecule has 0 saturated heterocycles. The van der Waals surface area contributed by atoms with Gasteiger partial charge < -0.3 is 10.6 Å². The Morgan fingerprint density at radius 2 is 1.87 bits per heavy atom. The van der Waals surface area contributed by atoms with Gasteiger partial charge in [0.15, 0.2) is 0 Å². The van der Waals surface area contributed by atoms with Crippen LogP contribution in [0.3, 0.4) is 0 Å². The van der Waals surface area contributed by atoms with Crippen molar-refractivity contribution in [3.8, 4) is 0 Å². The molecule has 1 amide bonds. The second kappa shape index (κ2) is 9.33. The smallest absolute Gasteiger partial charge is 0.251 e. The van der Waals surface area contributed by atoms with Crippen LogP contribution in [0.2, 0.25) is 0 Å². The predicted molar refractivity (Wildman–Crippen MR) is 95.4 cm³/mol. The van der Waals surface area contributed by atoms with Crippen LogP contribution in [0.15, 0.2) is 30.3 Å². The monoisotopic (exact) mass is 336 g/mol. The maximum absolute atomic E-state index is 12.0. The van der Waals surface area contributed by atoms with Gasteiger partial charge in [-0.05, 0) is 57.6 Å². The highest BCUT2D eigenvalue weighted by Crippen LogP contribution is 2.09. The molecule has 126 valence electrons. The summed E-state index contributed by atoms with van der Waals surface area (Å²) in [6, 6.07) is 9.77. The molecule has 0 aliphatic rings. The van der Waals surface area contributed by atoms with Crippen LogP contribution in [0.5, 0.6) is 0 Å². The number of aryl methyl sites for hydroxylation is 2. The molecule has 0 bridgehead atoms. The topological polar surface area (TPSA) is 58.9 Å². The number of benzene rings is 1. The largest absolute Gasteiger partial charge is 0.352 e. The number of hydrogen-bond acceptors (Lipinski definition) is 3. The van der Waals surface area contributed by atoms with E-state index in [0.717, 1.165) is 36.5 Å². The van der Waals surface area contributed by atoms with Crippen molar-refractivity contribution in [1.82, 2.24) is 20.4 Å². The van der Waals surface area contributed by atoms with Gasteiger partial charge in [0.2, 0.25) is 0 Å². The van der Waals surface area contributed by atoms with E-state index in [1.807, 2.05) is 49.8 Å². The highest BCUT2D eigenvalue weighted by molar-refractivity contribution is 5.94. The average Bonchev–Trinajstić information content (AvgIpc) is 2.82. The molecule has 0 radical (unpaired) electrons. The fraction of sp³-hybridized carbons (Fsp3) is 0.412. The zero-order chi connectivity index (χ0) is 15.9. The number of carbonyl (C=O) groups is 1. The van der Waals surface area contributed by atoms with Crippen LogP contribution in [0.4, 0.5) is 0 Å². The lowest BCUT2D eigenvalue weighted by Crippen LogP contribution is -2.26. The Balaban J connectivity index is 0.00000264. The second-order valence-corrected chi connectivity index (χ2v) is 5.49. The molecule has 1 heterocycles. The fourth-order valence-electron chi connectivity index (χ4n) is 2.34. The average molecular weight is 337 g/mol. The van der Waals surface area contributed by atoms with Crippen molar-refractivity contribution >= 4 is 18.3 Å². The molecule has 2 rings (SSSR count). The molecule has 0 aliphatic carbocycles. The Hall–Kier alpha value is -1.85. The summed E-state index contributed by atoms with van der Waals surface area (Å²) >= 11 is 0. The molecule has 23 heavy (non-hydrogen) atoms. The highest BCUT2D eigenvalue weighted by atomic mass is 35.5. The van der Waals surface area contributed by atoms with Gasteiger partial charge in [-0.2, -0.15) is 5.10 Å². The van der Waals surface area contributed by atoms with E-state index in [-0.39, 0.29) is 18.3 Å². The number of aromatic nitrogens is 2. The van der Waals surface area contributed by atoms with Gasteiger partial charge in [0.05, 0.1) is 12.2 Å². The molecule has 6 heteroatoms. The van der Waals surface area contributed by atoms with Crippen molar-refractivity contribution in [2.45, 2.75) is 26.8 Å². The third-order valence-electron chi connectivity index (χ3n) is 3.54. The van der Waals surface area contributed by atoms with E-state index in [9.17, 15) is 4.79 Å². The van der Waals surface area contributed by atoms with Crippen LogP contribution < -0.4 is 10.6 Å². The Labute approximate surface area is 143 Å². The zero-order valence-electron chi connectivity index (χ0n) is 13.9. The van der Waals surface area contributed by atoms with E-state index in [2.05, 4.69) is 21.8 Å². The first-order valence-electron chi connectivity index (χ1n) is 7.63. The summed E-state index contributed by atoms with van der Waals surface area (Å²) in [4.78, 5) is 12.0. The summed E-state index contributed by atoms with van der Waals surface area (Å²) in [5.41, 5.74) is 4.00. The molecule has 0 atom stereocenters. The van der Waals surface area contributed by atoms with Crippen molar-refractivity contribution in [3.05, 3.63) is 52.8 Å². The maximum Gasteiger partial charge on any atom is 0.251 e. The lowest BCUT2D eigenvalue weighted by Gasteiger charge is -2.07. The predicted octanol–water partition coefficient (Wildman–Crippen LogP) is 2.31. The molecular formula is C17H25ClN4O. The minimum Gasteiger partial charge on any atom is -0.352 e. The molecule has 0 unspecified atom stereocenters. The standard InChI is InChI=1S/C17H24N4O.ClH/c1-13-11-14(2)21(20-13)12-15-5-7-16(8-6-15)17(22)19-10-4-9-18-3;/h5-8,11,18H,4,9-10,12H2,1-3H3,(H,19,22);1H. The van der Waals surface area contributed by atoms with Crippen LogP contribution in [0.1, 0.15) is 33.7 Å². The lowest BCUT2D eigenvalue weighted by atomic mass is 10.1. The SMILES string of the molecule is CNCCCNC(=O)c1ccc(Cn2nc(C)cc2C)cc1.Cl. The number of carbonyl (C=O) groups excluding carboxylic acids is 1. The van der Waals surface area contributed by atoms with Crippen molar-refractivity contribution in [3.63, 3.8) is 0 Å². The van der Waals surface area contributed by atoms with Crippen LogP contribution in [-0.4, -0.2) is 35.8 Å².